The highest BCUT2D eigenvalue weighted by Gasteiger charge is 2.26. The van der Waals surface area contributed by atoms with Gasteiger partial charge < -0.3 is 11.1 Å². The van der Waals surface area contributed by atoms with E-state index < -0.39 is 0 Å². The highest BCUT2D eigenvalue weighted by Crippen LogP contribution is 2.32. The first kappa shape index (κ1) is 14.0. The predicted molar refractivity (Wildman–Crippen MR) is 73.8 cm³/mol. The van der Waals surface area contributed by atoms with E-state index in [1.807, 2.05) is 5.38 Å². The summed E-state index contributed by atoms with van der Waals surface area (Å²) in [6.07, 6.45) is 3.16. The second-order valence-corrected chi connectivity index (χ2v) is 5.57. The lowest BCUT2D eigenvalue weighted by molar-refractivity contribution is -0.120. The molecule has 19 heavy (non-hydrogen) atoms. The molecule has 0 saturated carbocycles. The Morgan fingerprint density at radius 1 is 1.58 bits per heavy atom. The van der Waals surface area contributed by atoms with Gasteiger partial charge in [0.25, 0.3) is 0 Å². The Morgan fingerprint density at radius 3 is 3.05 bits per heavy atom. The number of carbonyl (C=O) groups excluding carboxylic acids is 2. The largest absolute Gasteiger partial charge is 0.369 e. The van der Waals surface area contributed by atoms with Crippen LogP contribution in [0.1, 0.15) is 37.9 Å². The van der Waals surface area contributed by atoms with Crippen molar-refractivity contribution in [2.45, 2.75) is 32.2 Å². The number of nitrogens with two attached hydrogens (primary N) is 1. The van der Waals surface area contributed by atoms with Gasteiger partial charge in [-0.3, -0.25) is 14.5 Å². The van der Waals surface area contributed by atoms with Gasteiger partial charge in [-0.25, -0.2) is 4.98 Å². The Kier molecular flexibility index (Phi) is 4.49. The van der Waals surface area contributed by atoms with Crippen LogP contribution >= 0.6 is 11.3 Å². The van der Waals surface area contributed by atoms with Crippen LogP contribution in [0.15, 0.2) is 5.38 Å². The maximum absolute atomic E-state index is 11.1. The predicted octanol–water partition coefficient (Wildman–Crippen LogP) is 1.11. The summed E-state index contributed by atoms with van der Waals surface area (Å²) < 4.78 is 0. The molecule has 0 aliphatic carbocycles. The van der Waals surface area contributed by atoms with Crippen molar-refractivity contribution in [3.8, 4) is 0 Å². The highest BCUT2D eigenvalue weighted by molar-refractivity contribution is 7.13. The van der Waals surface area contributed by atoms with Crippen LogP contribution in [-0.2, 0) is 9.59 Å². The number of carbonyl (C=O) groups is 2. The molecule has 0 bridgehead atoms. The Hall–Kier alpha value is -1.47. The lowest BCUT2D eigenvalue weighted by Crippen LogP contribution is -2.39. The zero-order valence-corrected chi connectivity index (χ0v) is 11.7. The molecule has 7 heteroatoms. The van der Waals surface area contributed by atoms with Gasteiger partial charge in [0.15, 0.2) is 5.13 Å². The molecule has 104 valence electrons. The van der Waals surface area contributed by atoms with Crippen LogP contribution < -0.4 is 11.1 Å². The fourth-order valence-electron chi connectivity index (χ4n) is 2.36. The summed E-state index contributed by atoms with van der Waals surface area (Å²) in [5.41, 5.74) is 6.19. The second kappa shape index (κ2) is 6.12. The maximum Gasteiger partial charge on any atom is 0.231 e. The molecule has 3 N–H and O–H groups in total. The Morgan fingerprint density at radius 2 is 2.37 bits per heavy atom. The summed E-state index contributed by atoms with van der Waals surface area (Å²) >= 11 is 1.41. The summed E-state index contributed by atoms with van der Waals surface area (Å²) in [6.45, 7) is 2.58. The molecule has 1 aliphatic heterocycles. The molecule has 6 nitrogen and oxygen atoms in total. The summed E-state index contributed by atoms with van der Waals surface area (Å²) in [4.78, 5) is 28.6. The van der Waals surface area contributed by atoms with E-state index in [2.05, 4.69) is 15.2 Å². The minimum atomic E-state index is -0.316. The third-order valence-corrected chi connectivity index (χ3v) is 3.89. The summed E-state index contributed by atoms with van der Waals surface area (Å²) in [7, 11) is 0. The fraction of sp³-hybridized carbons (Fsp3) is 0.583. The van der Waals surface area contributed by atoms with E-state index in [4.69, 9.17) is 5.73 Å². The molecule has 2 heterocycles. The number of nitrogens with one attached hydrogen (secondary N) is 1. The van der Waals surface area contributed by atoms with Crippen molar-refractivity contribution in [3.05, 3.63) is 11.1 Å². The molecule has 1 fully saturated rings. The number of piperidine rings is 1. The van der Waals surface area contributed by atoms with Gasteiger partial charge in [-0.1, -0.05) is 6.42 Å². The number of amides is 2. The van der Waals surface area contributed by atoms with Crippen LogP contribution in [-0.4, -0.2) is 34.8 Å². The van der Waals surface area contributed by atoms with E-state index >= 15 is 0 Å². The van der Waals surface area contributed by atoms with Gasteiger partial charge in [0, 0.05) is 12.3 Å². The molecule has 0 aromatic carbocycles. The summed E-state index contributed by atoms with van der Waals surface area (Å²) in [5, 5.41) is 5.22. The quantitative estimate of drug-likeness (QED) is 0.866. The minimum absolute atomic E-state index is 0.125. The topological polar surface area (TPSA) is 88.3 Å². The molecule has 0 spiro atoms. The van der Waals surface area contributed by atoms with Gasteiger partial charge in [0.05, 0.1) is 18.3 Å². The van der Waals surface area contributed by atoms with Crippen molar-refractivity contribution in [1.82, 2.24) is 9.88 Å². The number of anilines is 1. The van der Waals surface area contributed by atoms with E-state index in [9.17, 15) is 9.59 Å². The number of nitrogens with zero attached hydrogens (tertiary/aromatic N) is 2. The molecule has 1 aromatic heterocycles. The normalized spacial score (nSPS) is 20.2. The first-order valence-electron chi connectivity index (χ1n) is 6.31. The second-order valence-electron chi connectivity index (χ2n) is 4.71. The van der Waals surface area contributed by atoms with Gasteiger partial charge in [0.2, 0.25) is 11.8 Å². The first-order chi connectivity index (χ1) is 9.06. The van der Waals surface area contributed by atoms with Crippen LogP contribution in [0.25, 0.3) is 0 Å². The van der Waals surface area contributed by atoms with Gasteiger partial charge in [-0.05, 0) is 19.4 Å². The number of primary amides is 1. The summed E-state index contributed by atoms with van der Waals surface area (Å²) in [6, 6.07) is 0.125. The minimum Gasteiger partial charge on any atom is -0.369 e. The van der Waals surface area contributed by atoms with Crippen molar-refractivity contribution in [2.75, 3.05) is 18.4 Å². The van der Waals surface area contributed by atoms with E-state index in [-0.39, 0.29) is 24.4 Å². The smallest absolute Gasteiger partial charge is 0.231 e. The number of hydrogen-bond acceptors (Lipinski definition) is 5. The molecule has 1 aromatic rings. The summed E-state index contributed by atoms with van der Waals surface area (Å²) in [5.74, 6) is -0.442. The molecule has 1 atom stereocenters. The van der Waals surface area contributed by atoms with Crippen LogP contribution in [0.3, 0.4) is 0 Å². The van der Waals surface area contributed by atoms with Crippen molar-refractivity contribution < 1.29 is 9.59 Å². The van der Waals surface area contributed by atoms with Crippen LogP contribution in [0.5, 0.6) is 0 Å². The number of likely N-dealkylation sites (tertiary alicyclic amines) is 1. The standard InChI is InChI=1S/C12H18N4O2S/c1-8(17)14-12-15-9(7-19-12)10-4-2-3-5-16(10)6-11(13)18/h7,10H,2-6H2,1H3,(H2,13,18)(H,14,15,17). The van der Waals surface area contributed by atoms with Crippen molar-refractivity contribution in [2.24, 2.45) is 5.73 Å². The third kappa shape index (κ3) is 3.74. The van der Waals surface area contributed by atoms with Gasteiger partial charge in [-0.15, -0.1) is 11.3 Å². The molecule has 0 radical (unpaired) electrons. The molecule has 1 aliphatic rings. The number of hydrogen-bond donors (Lipinski definition) is 2. The van der Waals surface area contributed by atoms with E-state index in [1.54, 1.807) is 0 Å². The van der Waals surface area contributed by atoms with Crippen LogP contribution in [0.2, 0.25) is 0 Å². The third-order valence-electron chi connectivity index (χ3n) is 3.12. The van der Waals surface area contributed by atoms with E-state index in [0.29, 0.717) is 5.13 Å². The lowest BCUT2D eigenvalue weighted by Gasteiger charge is -2.33. The Balaban J connectivity index is 2.10. The van der Waals surface area contributed by atoms with E-state index in [0.717, 1.165) is 31.5 Å². The van der Waals surface area contributed by atoms with Gasteiger partial charge in [0.1, 0.15) is 0 Å². The maximum atomic E-state index is 11.1. The number of rotatable bonds is 4. The average molecular weight is 282 g/mol. The van der Waals surface area contributed by atoms with Gasteiger partial charge >= 0.3 is 0 Å². The highest BCUT2D eigenvalue weighted by atomic mass is 32.1. The zero-order valence-electron chi connectivity index (χ0n) is 10.9. The van der Waals surface area contributed by atoms with E-state index in [1.165, 1.54) is 18.3 Å². The first-order valence-corrected chi connectivity index (χ1v) is 7.19. The van der Waals surface area contributed by atoms with Crippen molar-refractivity contribution in [1.29, 1.82) is 0 Å². The fourth-order valence-corrected chi connectivity index (χ4v) is 3.17. The van der Waals surface area contributed by atoms with Crippen molar-refractivity contribution >= 4 is 28.3 Å². The lowest BCUT2D eigenvalue weighted by atomic mass is 10.00. The van der Waals surface area contributed by atoms with Crippen molar-refractivity contribution in [3.63, 3.8) is 0 Å². The molecule has 2 amide bonds. The molecular weight excluding hydrogens is 264 g/mol. The Labute approximate surface area is 116 Å². The number of aromatic nitrogens is 1. The SMILES string of the molecule is CC(=O)Nc1nc(C2CCCCN2CC(N)=O)cs1. The molecule has 1 unspecified atom stereocenters. The van der Waals surface area contributed by atoms with Crippen LogP contribution in [0, 0.1) is 0 Å². The monoisotopic (exact) mass is 282 g/mol. The molecule has 2 rings (SSSR count). The molecule has 1 saturated heterocycles. The molecular formula is C12H18N4O2S. The zero-order chi connectivity index (χ0) is 13.8. The Bertz CT molecular complexity index is 474. The van der Waals surface area contributed by atoms with Gasteiger partial charge in [-0.2, -0.15) is 0 Å². The number of thiazole rings is 1. The van der Waals surface area contributed by atoms with Crippen LogP contribution in [0.4, 0.5) is 5.13 Å². The average Bonchev–Trinajstić information content (AvgIpc) is 2.76.